The molecule has 0 rings (SSSR count). The van der Waals surface area contributed by atoms with E-state index in [1.54, 1.807) is 0 Å². The number of carbonyl (C=O) groups is 5. The zero-order valence-corrected chi connectivity index (χ0v) is 18.7. The van der Waals surface area contributed by atoms with Crippen LogP contribution in [0.1, 0.15) is 0 Å². The Hall–Kier alpha value is -3.49. The fourth-order valence-corrected chi connectivity index (χ4v) is 2.23. The fraction of sp³-hybridized carbons (Fsp3) is 0.643. The largest absolute Gasteiger partial charge is 0.351 e. The van der Waals surface area contributed by atoms with Crippen molar-refractivity contribution in [3.05, 3.63) is 0 Å². The van der Waals surface area contributed by atoms with Gasteiger partial charge in [0, 0.05) is 48.3 Å². The van der Waals surface area contributed by atoms with E-state index in [0.717, 1.165) is 40.1 Å². The van der Waals surface area contributed by atoms with Crippen LogP contribution >= 0.6 is 0 Å². The van der Waals surface area contributed by atoms with Gasteiger partial charge in [0.15, 0.2) is 0 Å². The molecule has 0 spiro atoms. The molecule has 190 valence electrons. The molecule has 19 heteroatoms. The minimum Gasteiger partial charge on any atom is -0.319 e. The third-order valence-electron chi connectivity index (χ3n) is 3.76. The number of rotatable bonds is 7. The Kier molecular flexibility index (Phi) is 11.8. The summed E-state index contributed by atoms with van der Waals surface area (Å²) in [6, 6.07) is -6.01. The van der Waals surface area contributed by atoms with Gasteiger partial charge < -0.3 is 4.90 Å². The molecule has 0 aromatic heterocycles. The van der Waals surface area contributed by atoms with Gasteiger partial charge in [0.25, 0.3) is 0 Å². The third kappa shape index (κ3) is 9.26. The van der Waals surface area contributed by atoms with Gasteiger partial charge in [-0.2, -0.15) is 0 Å². The average Bonchev–Trinajstić information content (AvgIpc) is 2.70. The van der Waals surface area contributed by atoms with E-state index in [1.807, 2.05) is 5.43 Å². The number of urea groups is 5. The molecule has 0 fully saturated rings. The zero-order valence-electron chi connectivity index (χ0n) is 18.7. The number of hydrazine groups is 1. The monoisotopic (exact) mass is 483 g/mol. The summed E-state index contributed by atoms with van der Waals surface area (Å²) >= 11 is 0. The van der Waals surface area contributed by atoms with Crippen LogP contribution in [-0.4, -0.2) is 158 Å². The Morgan fingerprint density at radius 1 is 0.545 bits per heavy atom. The van der Waals surface area contributed by atoms with Gasteiger partial charge in [-0.1, -0.05) is 0 Å². The van der Waals surface area contributed by atoms with E-state index in [9.17, 15) is 44.8 Å². The van der Waals surface area contributed by atoms with Crippen molar-refractivity contribution in [1.29, 1.82) is 0 Å². The van der Waals surface area contributed by atoms with Crippen molar-refractivity contribution in [2.45, 2.75) is 0 Å². The van der Waals surface area contributed by atoms with E-state index in [-0.39, 0.29) is 25.4 Å². The summed E-state index contributed by atoms with van der Waals surface area (Å²) in [5.41, 5.74) is 1.85. The van der Waals surface area contributed by atoms with Crippen LogP contribution in [-0.2, 0) is 0 Å². The highest BCUT2D eigenvalue weighted by molar-refractivity contribution is 5.93. The van der Waals surface area contributed by atoms with Crippen LogP contribution < -0.4 is 5.43 Å². The van der Waals surface area contributed by atoms with Crippen LogP contribution in [0.4, 0.5) is 24.0 Å². The molecule has 0 bridgehead atoms. The summed E-state index contributed by atoms with van der Waals surface area (Å²) in [5, 5.41) is 47.2. The van der Waals surface area contributed by atoms with Crippen LogP contribution in [0, 0.1) is 0 Å². The predicted octanol–water partition coefficient (Wildman–Crippen LogP) is -1.40. The minimum atomic E-state index is -1.25. The number of hydrogen-bond acceptors (Lipinski definition) is 11. The second-order valence-electron chi connectivity index (χ2n) is 6.46. The number of nitrogens with one attached hydrogen (secondary N) is 1. The van der Waals surface area contributed by atoms with Crippen molar-refractivity contribution in [2.24, 2.45) is 0 Å². The lowest BCUT2D eigenvalue weighted by Gasteiger charge is -2.31. The lowest BCUT2D eigenvalue weighted by Crippen LogP contribution is -2.55. The van der Waals surface area contributed by atoms with Crippen molar-refractivity contribution in [3.63, 3.8) is 0 Å². The number of imide groups is 2. The Balaban J connectivity index is 5.68. The standard InChI is InChI=1S/C14H29N9O10/c1-16(29)11(25)21(7-9-23(13(27)18(3)31)14(28)19(4)32)6-8-22(12(26)17(2)30)10(24)15-20(5)33/h29-33H,6-9H2,1-5H3,(H,15,24). The van der Waals surface area contributed by atoms with E-state index >= 15 is 0 Å². The first-order valence-electron chi connectivity index (χ1n) is 9.01. The van der Waals surface area contributed by atoms with Crippen molar-refractivity contribution in [3.8, 4) is 0 Å². The van der Waals surface area contributed by atoms with E-state index in [4.69, 9.17) is 5.21 Å². The summed E-state index contributed by atoms with van der Waals surface area (Å²) in [6.45, 7) is -2.13. The molecule has 0 atom stereocenters. The molecule has 6 N–H and O–H groups in total. The summed E-state index contributed by atoms with van der Waals surface area (Å²) < 4.78 is 0. The zero-order chi connectivity index (χ0) is 26.0. The highest BCUT2D eigenvalue weighted by atomic mass is 16.5. The van der Waals surface area contributed by atoms with Crippen molar-refractivity contribution in [2.75, 3.05) is 61.4 Å². The lowest BCUT2D eigenvalue weighted by atomic mass is 10.4. The number of amides is 10. The Morgan fingerprint density at radius 3 is 1.21 bits per heavy atom. The second-order valence-corrected chi connectivity index (χ2v) is 6.46. The van der Waals surface area contributed by atoms with Gasteiger partial charge in [-0.25, -0.2) is 59.5 Å². The Bertz CT molecular complexity index is 696. The number of carbonyl (C=O) groups excluding carboxylic acids is 5. The van der Waals surface area contributed by atoms with Crippen LogP contribution in [0.15, 0.2) is 0 Å². The smallest absolute Gasteiger partial charge is 0.319 e. The van der Waals surface area contributed by atoms with Crippen LogP contribution in [0.3, 0.4) is 0 Å². The molecule has 0 heterocycles. The van der Waals surface area contributed by atoms with Gasteiger partial charge in [0.1, 0.15) is 0 Å². The molecule has 0 aliphatic rings. The maximum atomic E-state index is 12.3. The summed E-state index contributed by atoms with van der Waals surface area (Å²) in [4.78, 5) is 62.2. The maximum Gasteiger partial charge on any atom is 0.351 e. The first-order valence-corrected chi connectivity index (χ1v) is 9.01. The van der Waals surface area contributed by atoms with Gasteiger partial charge in [-0.15, -0.1) is 5.17 Å². The van der Waals surface area contributed by atoms with Crippen molar-refractivity contribution >= 4 is 30.2 Å². The molecule has 0 saturated carbocycles. The van der Waals surface area contributed by atoms with Gasteiger partial charge in [0.2, 0.25) is 0 Å². The Labute approximate surface area is 188 Å². The average molecular weight is 483 g/mol. The molecule has 0 saturated heterocycles. The molecule has 0 aromatic rings. The summed E-state index contributed by atoms with van der Waals surface area (Å²) in [5.74, 6) is 0. The Morgan fingerprint density at radius 2 is 0.879 bits per heavy atom. The third-order valence-corrected chi connectivity index (χ3v) is 3.76. The fourth-order valence-electron chi connectivity index (χ4n) is 2.23. The maximum absolute atomic E-state index is 12.3. The highest BCUT2D eigenvalue weighted by Crippen LogP contribution is 2.05. The molecule has 0 aliphatic heterocycles. The predicted molar refractivity (Wildman–Crippen MR) is 103 cm³/mol. The number of hydrogen-bond donors (Lipinski definition) is 6. The van der Waals surface area contributed by atoms with Crippen LogP contribution in [0.2, 0.25) is 0 Å². The minimum absolute atomic E-state index is 0.0545. The van der Waals surface area contributed by atoms with Gasteiger partial charge in [-0.05, 0) is 0 Å². The molecule has 0 aromatic carbocycles. The lowest BCUT2D eigenvalue weighted by molar-refractivity contribution is -0.101. The topological polar surface area (TPSA) is 224 Å². The molecule has 10 amide bonds. The molecule has 0 aliphatic carbocycles. The first-order chi connectivity index (χ1) is 15.1. The van der Waals surface area contributed by atoms with Gasteiger partial charge in [-0.3, -0.25) is 26.0 Å². The van der Waals surface area contributed by atoms with E-state index in [1.165, 1.54) is 0 Å². The van der Waals surface area contributed by atoms with Crippen molar-refractivity contribution in [1.82, 2.24) is 45.6 Å². The van der Waals surface area contributed by atoms with E-state index in [0.29, 0.717) is 9.80 Å². The van der Waals surface area contributed by atoms with Gasteiger partial charge >= 0.3 is 30.2 Å². The quantitative estimate of drug-likeness (QED) is 0.182. The van der Waals surface area contributed by atoms with Crippen LogP contribution in [0.25, 0.3) is 0 Å². The van der Waals surface area contributed by atoms with Crippen LogP contribution in [0.5, 0.6) is 0 Å². The molecular weight excluding hydrogens is 454 g/mol. The van der Waals surface area contributed by atoms with Gasteiger partial charge in [0.05, 0.1) is 13.1 Å². The first kappa shape index (κ1) is 29.5. The SMILES string of the molecule is CN(O)NC(=O)N(CCN(CCN(C(=O)N(C)O)C(=O)N(C)O)C(=O)N(C)O)C(=O)N(C)O. The molecule has 19 nitrogen and oxygen atoms in total. The van der Waals surface area contributed by atoms with E-state index in [2.05, 4.69) is 0 Å². The normalized spacial score (nSPS) is 10.3. The number of nitrogens with zero attached hydrogens (tertiary/aromatic N) is 8. The highest BCUT2D eigenvalue weighted by Gasteiger charge is 2.30. The molecule has 33 heavy (non-hydrogen) atoms. The number of hydroxylamine groups is 9. The van der Waals surface area contributed by atoms with Crippen molar-refractivity contribution < 1.29 is 50.0 Å². The summed E-state index contributed by atoms with van der Waals surface area (Å²) in [6.07, 6.45) is 0. The molecular formula is C14H29N9O10. The molecule has 0 radical (unpaired) electrons. The summed E-state index contributed by atoms with van der Waals surface area (Å²) in [7, 11) is 4.73. The molecule has 0 unspecified atom stereocenters. The van der Waals surface area contributed by atoms with E-state index < -0.39 is 56.3 Å². The second kappa shape index (κ2) is 13.1.